The number of halogens is 1. The van der Waals surface area contributed by atoms with Crippen LogP contribution in [0, 0.1) is 5.92 Å². The smallest absolute Gasteiger partial charge is 0.222 e. The fourth-order valence-electron chi connectivity index (χ4n) is 2.58. The fourth-order valence-corrected chi connectivity index (χ4v) is 2.58. The largest absolute Gasteiger partial charge is 0.343 e. The summed E-state index contributed by atoms with van der Waals surface area (Å²) >= 11 is 0. The molecule has 0 radical (unpaired) electrons. The summed E-state index contributed by atoms with van der Waals surface area (Å²) in [5.74, 6) is 0.992. The molecule has 0 aromatic heterocycles. The maximum absolute atomic E-state index is 12.0. The third kappa shape index (κ3) is 3.95. The SMILES string of the molecule is Cl.O=C(CC1CCNC1)N1CCCCCC1. The third-order valence-electron chi connectivity index (χ3n) is 3.58. The molecular formula is C12H23ClN2O. The average molecular weight is 247 g/mol. The Kier molecular flexibility index (Phi) is 6.14. The first-order valence-corrected chi connectivity index (χ1v) is 6.35. The summed E-state index contributed by atoms with van der Waals surface area (Å²) in [4.78, 5) is 14.1. The Bertz CT molecular complexity index is 209. The van der Waals surface area contributed by atoms with Crippen molar-refractivity contribution >= 4 is 18.3 Å². The Labute approximate surface area is 104 Å². The van der Waals surface area contributed by atoms with E-state index in [2.05, 4.69) is 10.2 Å². The van der Waals surface area contributed by atoms with E-state index >= 15 is 0 Å². The van der Waals surface area contributed by atoms with Crippen LogP contribution in [0.3, 0.4) is 0 Å². The lowest BCUT2D eigenvalue weighted by atomic mass is 10.0. The zero-order valence-corrected chi connectivity index (χ0v) is 10.7. The van der Waals surface area contributed by atoms with Gasteiger partial charge in [0.25, 0.3) is 0 Å². The normalized spacial score (nSPS) is 26.0. The van der Waals surface area contributed by atoms with Crippen LogP contribution in [0.25, 0.3) is 0 Å². The molecule has 1 N–H and O–H groups in total. The van der Waals surface area contributed by atoms with Gasteiger partial charge in [0, 0.05) is 19.5 Å². The van der Waals surface area contributed by atoms with Gasteiger partial charge in [-0.3, -0.25) is 4.79 Å². The molecule has 0 bridgehead atoms. The van der Waals surface area contributed by atoms with E-state index in [1.807, 2.05) is 0 Å². The van der Waals surface area contributed by atoms with E-state index in [1.54, 1.807) is 0 Å². The molecule has 2 heterocycles. The first-order valence-electron chi connectivity index (χ1n) is 6.35. The number of carbonyl (C=O) groups is 1. The van der Waals surface area contributed by atoms with E-state index in [-0.39, 0.29) is 12.4 Å². The van der Waals surface area contributed by atoms with E-state index in [0.717, 1.165) is 32.6 Å². The molecule has 2 rings (SSSR count). The maximum Gasteiger partial charge on any atom is 0.222 e. The molecule has 1 atom stereocenters. The van der Waals surface area contributed by atoms with Gasteiger partial charge in [-0.25, -0.2) is 0 Å². The molecule has 0 aromatic rings. The third-order valence-corrected chi connectivity index (χ3v) is 3.58. The molecule has 0 spiro atoms. The molecule has 0 aromatic carbocycles. The Morgan fingerprint density at radius 1 is 1.19 bits per heavy atom. The minimum atomic E-state index is 0. The van der Waals surface area contributed by atoms with Gasteiger partial charge in [-0.1, -0.05) is 12.8 Å². The summed E-state index contributed by atoms with van der Waals surface area (Å²) in [5.41, 5.74) is 0. The highest BCUT2D eigenvalue weighted by Gasteiger charge is 2.22. The Balaban J connectivity index is 0.00000128. The van der Waals surface area contributed by atoms with Gasteiger partial charge in [0.05, 0.1) is 0 Å². The molecule has 2 aliphatic rings. The number of amides is 1. The quantitative estimate of drug-likeness (QED) is 0.806. The first-order chi connectivity index (χ1) is 7.36. The Hall–Kier alpha value is -0.280. The molecule has 16 heavy (non-hydrogen) atoms. The number of nitrogens with zero attached hydrogens (tertiary/aromatic N) is 1. The van der Waals surface area contributed by atoms with Crippen molar-refractivity contribution in [1.82, 2.24) is 10.2 Å². The van der Waals surface area contributed by atoms with Gasteiger partial charge in [-0.05, 0) is 38.3 Å². The predicted molar refractivity (Wildman–Crippen MR) is 67.9 cm³/mol. The monoisotopic (exact) mass is 246 g/mol. The van der Waals surface area contributed by atoms with Crippen LogP contribution in [-0.4, -0.2) is 37.0 Å². The van der Waals surface area contributed by atoms with Gasteiger partial charge < -0.3 is 10.2 Å². The van der Waals surface area contributed by atoms with E-state index in [9.17, 15) is 4.79 Å². The van der Waals surface area contributed by atoms with Gasteiger partial charge >= 0.3 is 0 Å². The zero-order chi connectivity index (χ0) is 10.5. The molecular weight excluding hydrogens is 224 g/mol. The van der Waals surface area contributed by atoms with E-state index < -0.39 is 0 Å². The van der Waals surface area contributed by atoms with E-state index in [4.69, 9.17) is 0 Å². The Morgan fingerprint density at radius 2 is 1.88 bits per heavy atom. The molecule has 0 saturated carbocycles. The van der Waals surface area contributed by atoms with Gasteiger partial charge in [0.1, 0.15) is 0 Å². The fraction of sp³-hybridized carbons (Fsp3) is 0.917. The highest BCUT2D eigenvalue weighted by Crippen LogP contribution is 2.16. The molecule has 2 aliphatic heterocycles. The van der Waals surface area contributed by atoms with Crippen LogP contribution in [0.5, 0.6) is 0 Å². The predicted octanol–water partition coefficient (Wildman–Crippen LogP) is 1.81. The molecule has 2 fully saturated rings. The summed E-state index contributed by atoms with van der Waals surface area (Å²) < 4.78 is 0. The van der Waals surface area contributed by atoms with Crippen molar-refractivity contribution in [2.75, 3.05) is 26.2 Å². The highest BCUT2D eigenvalue weighted by molar-refractivity contribution is 5.85. The number of nitrogens with one attached hydrogen (secondary N) is 1. The van der Waals surface area contributed by atoms with Gasteiger partial charge in [0.15, 0.2) is 0 Å². The lowest BCUT2D eigenvalue weighted by molar-refractivity contribution is -0.132. The molecule has 94 valence electrons. The van der Waals surface area contributed by atoms with Crippen LogP contribution >= 0.6 is 12.4 Å². The number of hydrogen-bond donors (Lipinski definition) is 1. The highest BCUT2D eigenvalue weighted by atomic mass is 35.5. The molecule has 0 aliphatic carbocycles. The zero-order valence-electron chi connectivity index (χ0n) is 9.91. The maximum atomic E-state index is 12.0. The second-order valence-corrected chi connectivity index (χ2v) is 4.86. The average Bonchev–Trinajstić information content (AvgIpc) is 2.58. The molecule has 3 nitrogen and oxygen atoms in total. The number of likely N-dealkylation sites (tertiary alicyclic amines) is 1. The Morgan fingerprint density at radius 3 is 2.44 bits per heavy atom. The van der Waals surface area contributed by atoms with Crippen molar-refractivity contribution in [3.8, 4) is 0 Å². The minimum Gasteiger partial charge on any atom is -0.343 e. The summed E-state index contributed by atoms with van der Waals surface area (Å²) in [6.45, 7) is 4.13. The van der Waals surface area contributed by atoms with Crippen molar-refractivity contribution in [3.63, 3.8) is 0 Å². The van der Waals surface area contributed by atoms with E-state index in [1.165, 1.54) is 32.1 Å². The minimum absolute atomic E-state index is 0. The van der Waals surface area contributed by atoms with Crippen molar-refractivity contribution < 1.29 is 4.79 Å². The number of carbonyl (C=O) groups excluding carboxylic acids is 1. The topological polar surface area (TPSA) is 32.3 Å². The lowest BCUT2D eigenvalue weighted by Crippen LogP contribution is -2.33. The van der Waals surface area contributed by atoms with Gasteiger partial charge in [-0.2, -0.15) is 0 Å². The van der Waals surface area contributed by atoms with Crippen LogP contribution in [0.2, 0.25) is 0 Å². The van der Waals surface area contributed by atoms with Gasteiger partial charge in [0.2, 0.25) is 5.91 Å². The van der Waals surface area contributed by atoms with Crippen LogP contribution in [-0.2, 0) is 4.79 Å². The number of rotatable bonds is 2. The standard InChI is InChI=1S/C12H22N2O.ClH/c15-12(9-11-5-6-13-10-11)14-7-3-1-2-4-8-14;/h11,13H,1-10H2;1H. The van der Waals surface area contributed by atoms with Crippen LogP contribution in [0.4, 0.5) is 0 Å². The number of hydrogen-bond acceptors (Lipinski definition) is 2. The molecule has 4 heteroatoms. The summed E-state index contributed by atoms with van der Waals surface area (Å²) in [7, 11) is 0. The molecule has 2 saturated heterocycles. The summed E-state index contributed by atoms with van der Waals surface area (Å²) in [6.07, 6.45) is 6.96. The van der Waals surface area contributed by atoms with Crippen LogP contribution in [0.1, 0.15) is 38.5 Å². The summed E-state index contributed by atoms with van der Waals surface area (Å²) in [5, 5.41) is 3.32. The van der Waals surface area contributed by atoms with Crippen LogP contribution in [0.15, 0.2) is 0 Å². The summed E-state index contributed by atoms with van der Waals surface area (Å²) in [6, 6.07) is 0. The molecule has 1 unspecified atom stereocenters. The van der Waals surface area contributed by atoms with Gasteiger partial charge in [-0.15, -0.1) is 12.4 Å². The van der Waals surface area contributed by atoms with Crippen molar-refractivity contribution in [2.45, 2.75) is 38.5 Å². The first kappa shape index (κ1) is 13.8. The van der Waals surface area contributed by atoms with Crippen molar-refractivity contribution in [1.29, 1.82) is 0 Å². The van der Waals surface area contributed by atoms with E-state index in [0.29, 0.717) is 11.8 Å². The molecule has 1 amide bonds. The van der Waals surface area contributed by atoms with Crippen LogP contribution < -0.4 is 5.32 Å². The lowest BCUT2D eigenvalue weighted by Gasteiger charge is -2.21. The second kappa shape index (κ2) is 7.13. The van der Waals surface area contributed by atoms with Crippen molar-refractivity contribution in [2.24, 2.45) is 5.92 Å². The van der Waals surface area contributed by atoms with Crippen molar-refractivity contribution in [3.05, 3.63) is 0 Å². The second-order valence-electron chi connectivity index (χ2n) is 4.86.